The molecule has 0 fully saturated rings. The topological polar surface area (TPSA) is 49.3 Å². The maximum absolute atomic E-state index is 13.4. The quantitative estimate of drug-likeness (QED) is 0.819. The molecular formula is C11H11F4NO2. The van der Waals surface area contributed by atoms with Crippen molar-refractivity contribution in [1.82, 2.24) is 5.32 Å². The van der Waals surface area contributed by atoms with Crippen molar-refractivity contribution in [2.75, 3.05) is 7.05 Å². The molecule has 1 unspecified atom stereocenters. The highest BCUT2D eigenvalue weighted by Gasteiger charge is 2.31. The maximum Gasteiger partial charge on any atom is 0.416 e. The molecule has 0 bridgehead atoms. The van der Waals surface area contributed by atoms with Crippen LogP contribution in [0.1, 0.15) is 11.1 Å². The van der Waals surface area contributed by atoms with Crippen LogP contribution in [0.4, 0.5) is 17.6 Å². The normalized spacial score (nSPS) is 13.4. The lowest BCUT2D eigenvalue weighted by molar-refractivity contribution is -0.139. The zero-order valence-electron chi connectivity index (χ0n) is 9.38. The summed E-state index contributed by atoms with van der Waals surface area (Å²) in [7, 11) is 1.38. The average Bonchev–Trinajstić information content (AvgIpc) is 2.25. The number of likely N-dealkylation sites (N-methyl/N-ethyl adjacent to an activating group) is 1. The molecule has 3 nitrogen and oxygen atoms in total. The molecule has 18 heavy (non-hydrogen) atoms. The second kappa shape index (κ2) is 5.34. The molecule has 1 atom stereocenters. The monoisotopic (exact) mass is 265 g/mol. The van der Waals surface area contributed by atoms with Crippen molar-refractivity contribution >= 4 is 5.97 Å². The van der Waals surface area contributed by atoms with E-state index in [4.69, 9.17) is 5.11 Å². The number of benzene rings is 1. The second-order valence-corrected chi connectivity index (χ2v) is 3.69. The first kappa shape index (κ1) is 14.4. The van der Waals surface area contributed by atoms with E-state index in [9.17, 15) is 22.4 Å². The first-order valence-corrected chi connectivity index (χ1v) is 5.01. The molecule has 1 rings (SSSR count). The van der Waals surface area contributed by atoms with Crippen molar-refractivity contribution in [3.8, 4) is 0 Å². The third kappa shape index (κ3) is 3.43. The van der Waals surface area contributed by atoms with Crippen molar-refractivity contribution in [3.63, 3.8) is 0 Å². The number of alkyl halides is 3. The van der Waals surface area contributed by atoms with Crippen LogP contribution >= 0.6 is 0 Å². The summed E-state index contributed by atoms with van der Waals surface area (Å²) in [6, 6.07) is 0.999. The van der Waals surface area contributed by atoms with E-state index in [1.807, 2.05) is 0 Å². The summed E-state index contributed by atoms with van der Waals surface area (Å²) in [6.07, 6.45) is -4.84. The fraction of sp³-hybridized carbons (Fsp3) is 0.364. The number of rotatable bonds is 4. The Balaban J connectivity index is 2.96. The SMILES string of the molecule is CNC(Cc1ccc(C(F)(F)F)cc1F)C(=O)O. The van der Waals surface area contributed by atoms with Crippen LogP contribution in [-0.2, 0) is 17.4 Å². The fourth-order valence-electron chi connectivity index (χ4n) is 1.42. The Hall–Kier alpha value is -1.63. The fourth-order valence-corrected chi connectivity index (χ4v) is 1.42. The van der Waals surface area contributed by atoms with Gasteiger partial charge in [-0.3, -0.25) is 4.79 Å². The van der Waals surface area contributed by atoms with E-state index >= 15 is 0 Å². The van der Waals surface area contributed by atoms with Gasteiger partial charge in [-0.25, -0.2) is 4.39 Å². The van der Waals surface area contributed by atoms with Gasteiger partial charge in [0.25, 0.3) is 0 Å². The van der Waals surface area contributed by atoms with Gasteiger partial charge in [0.05, 0.1) is 5.56 Å². The minimum absolute atomic E-state index is 0.0789. The van der Waals surface area contributed by atoms with E-state index in [-0.39, 0.29) is 12.0 Å². The molecule has 1 aromatic rings. The molecule has 0 aliphatic heterocycles. The van der Waals surface area contributed by atoms with E-state index in [1.165, 1.54) is 7.05 Å². The lowest BCUT2D eigenvalue weighted by Gasteiger charge is -2.13. The van der Waals surface area contributed by atoms with Gasteiger partial charge in [-0.15, -0.1) is 0 Å². The van der Waals surface area contributed by atoms with E-state index in [0.717, 1.165) is 12.1 Å². The Morgan fingerprint density at radius 2 is 2.06 bits per heavy atom. The third-order valence-corrected chi connectivity index (χ3v) is 2.45. The molecule has 100 valence electrons. The molecule has 0 aromatic heterocycles. The van der Waals surface area contributed by atoms with Gasteiger partial charge in [-0.05, 0) is 24.7 Å². The number of hydrogen-bond acceptors (Lipinski definition) is 2. The minimum Gasteiger partial charge on any atom is -0.480 e. The maximum atomic E-state index is 13.4. The Morgan fingerprint density at radius 3 is 2.44 bits per heavy atom. The highest BCUT2D eigenvalue weighted by Crippen LogP contribution is 2.30. The van der Waals surface area contributed by atoms with Crippen molar-refractivity contribution in [1.29, 1.82) is 0 Å². The second-order valence-electron chi connectivity index (χ2n) is 3.69. The molecule has 1 aromatic carbocycles. The predicted molar refractivity (Wildman–Crippen MR) is 55.6 cm³/mol. The van der Waals surface area contributed by atoms with Crippen molar-refractivity contribution in [2.24, 2.45) is 0 Å². The summed E-state index contributed by atoms with van der Waals surface area (Å²) in [6.45, 7) is 0. The van der Waals surface area contributed by atoms with Crippen LogP contribution in [-0.4, -0.2) is 24.2 Å². The number of carboxylic acid groups (broad SMARTS) is 1. The molecule has 2 N–H and O–H groups in total. The van der Waals surface area contributed by atoms with Gasteiger partial charge in [-0.2, -0.15) is 13.2 Å². The summed E-state index contributed by atoms with van der Waals surface area (Å²) in [5, 5.41) is 11.2. The van der Waals surface area contributed by atoms with Crippen molar-refractivity contribution < 1.29 is 27.5 Å². The van der Waals surface area contributed by atoms with E-state index in [0.29, 0.717) is 6.07 Å². The van der Waals surface area contributed by atoms with Gasteiger partial charge >= 0.3 is 12.1 Å². The Labute approximate surface area is 100 Å². The Morgan fingerprint density at radius 1 is 1.44 bits per heavy atom. The highest BCUT2D eigenvalue weighted by molar-refractivity contribution is 5.73. The van der Waals surface area contributed by atoms with Crippen LogP contribution in [0.25, 0.3) is 0 Å². The van der Waals surface area contributed by atoms with E-state index in [1.54, 1.807) is 0 Å². The van der Waals surface area contributed by atoms with Crippen LogP contribution < -0.4 is 5.32 Å². The van der Waals surface area contributed by atoms with Gasteiger partial charge in [0.2, 0.25) is 0 Å². The number of nitrogens with one attached hydrogen (secondary N) is 1. The zero-order valence-corrected chi connectivity index (χ0v) is 9.38. The van der Waals surface area contributed by atoms with E-state index in [2.05, 4.69) is 5.32 Å². The lowest BCUT2D eigenvalue weighted by atomic mass is 10.0. The van der Waals surface area contributed by atoms with Crippen LogP contribution in [0, 0.1) is 5.82 Å². The molecule has 0 saturated carbocycles. The predicted octanol–water partition coefficient (Wildman–Crippen LogP) is 2.06. The molecule has 0 radical (unpaired) electrons. The first-order chi connectivity index (χ1) is 8.25. The van der Waals surface area contributed by atoms with Gasteiger partial charge < -0.3 is 10.4 Å². The zero-order chi connectivity index (χ0) is 13.9. The largest absolute Gasteiger partial charge is 0.480 e. The summed E-state index contributed by atoms with van der Waals surface area (Å²) in [5.41, 5.74) is -1.18. The molecule has 0 amide bonds. The molecule has 0 aliphatic rings. The Bertz CT molecular complexity index is 445. The van der Waals surface area contributed by atoms with Crippen LogP contribution in [0.15, 0.2) is 18.2 Å². The first-order valence-electron chi connectivity index (χ1n) is 5.01. The van der Waals surface area contributed by atoms with Crippen LogP contribution in [0.2, 0.25) is 0 Å². The van der Waals surface area contributed by atoms with Crippen molar-refractivity contribution in [2.45, 2.75) is 18.6 Å². The lowest BCUT2D eigenvalue weighted by Crippen LogP contribution is -2.36. The molecule has 0 saturated heterocycles. The summed E-state index contributed by atoms with van der Waals surface area (Å²) >= 11 is 0. The van der Waals surface area contributed by atoms with Gasteiger partial charge in [0, 0.05) is 6.42 Å². The Kier molecular flexibility index (Phi) is 4.28. The number of carbonyl (C=O) groups is 1. The molecule has 0 aliphatic carbocycles. The number of aliphatic carboxylic acids is 1. The van der Waals surface area contributed by atoms with Crippen LogP contribution in [0.5, 0.6) is 0 Å². The van der Waals surface area contributed by atoms with Gasteiger partial charge in [0.1, 0.15) is 11.9 Å². The number of halogens is 4. The summed E-state index contributed by atoms with van der Waals surface area (Å²) in [5.74, 6) is -2.26. The molecule has 0 spiro atoms. The summed E-state index contributed by atoms with van der Waals surface area (Å²) < 4.78 is 50.3. The summed E-state index contributed by atoms with van der Waals surface area (Å²) in [4.78, 5) is 10.7. The number of carboxylic acids is 1. The molecule has 0 heterocycles. The smallest absolute Gasteiger partial charge is 0.416 e. The highest BCUT2D eigenvalue weighted by atomic mass is 19.4. The van der Waals surface area contributed by atoms with Crippen molar-refractivity contribution in [3.05, 3.63) is 35.1 Å². The third-order valence-electron chi connectivity index (χ3n) is 2.45. The average molecular weight is 265 g/mol. The number of hydrogen-bond donors (Lipinski definition) is 2. The standard InChI is InChI=1S/C11H11F4NO2/c1-16-9(10(17)18)4-6-2-3-7(5-8(6)12)11(13,14)15/h2-3,5,9,16H,4H2,1H3,(H,17,18). The van der Waals surface area contributed by atoms with Gasteiger partial charge in [0.15, 0.2) is 0 Å². The molecular weight excluding hydrogens is 254 g/mol. The van der Waals surface area contributed by atoms with Crippen LogP contribution in [0.3, 0.4) is 0 Å². The molecule has 7 heteroatoms. The van der Waals surface area contributed by atoms with E-state index < -0.39 is 29.6 Å². The van der Waals surface area contributed by atoms with Gasteiger partial charge in [-0.1, -0.05) is 6.07 Å². The minimum atomic E-state index is -4.62.